The van der Waals surface area contributed by atoms with Crippen LogP contribution in [0, 0.1) is 0 Å². The van der Waals surface area contributed by atoms with Crippen molar-refractivity contribution in [1.82, 2.24) is 15.2 Å². The molecule has 1 amide bonds. The summed E-state index contributed by atoms with van der Waals surface area (Å²) in [5.41, 5.74) is 1.46. The molecule has 1 fully saturated rings. The Kier molecular flexibility index (Phi) is 6.99. The summed E-state index contributed by atoms with van der Waals surface area (Å²) in [5.74, 6) is 0.733. The van der Waals surface area contributed by atoms with Crippen molar-refractivity contribution in [3.63, 3.8) is 0 Å². The van der Waals surface area contributed by atoms with Gasteiger partial charge < -0.3 is 14.8 Å². The fourth-order valence-corrected chi connectivity index (χ4v) is 3.47. The Hall–Kier alpha value is -1.96. The second kappa shape index (κ2) is 9.66. The number of nitrogens with one attached hydrogen (secondary N) is 1. The molecule has 1 saturated heterocycles. The van der Waals surface area contributed by atoms with Gasteiger partial charge >= 0.3 is 0 Å². The minimum absolute atomic E-state index is 0.122. The molecule has 2 heterocycles. The number of amides is 1. The summed E-state index contributed by atoms with van der Waals surface area (Å²) in [7, 11) is 0. The van der Waals surface area contributed by atoms with Gasteiger partial charge in [0.25, 0.3) is 5.91 Å². The summed E-state index contributed by atoms with van der Waals surface area (Å²) < 4.78 is 10.9. The number of carbonyl (C=O) groups is 1. The first-order chi connectivity index (χ1) is 12.8. The van der Waals surface area contributed by atoms with Gasteiger partial charge in [0, 0.05) is 37.1 Å². The van der Waals surface area contributed by atoms with Crippen LogP contribution in [-0.4, -0.2) is 61.8 Å². The number of aromatic nitrogens is 1. The first-order valence-electron chi connectivity index (χ1n) is 9.03. The molecule has 1 aromatic heterocycles. The molecule has 0 radical (unpaired) electrons. The van der Waals surface area contributed by atoms with E-state index in [2.05, 4.69) is 22.1 Å². The molecule has 1 aliphatic rings. The van der Waals surface area contributed by atoms with Crippen LogP contribution in [0.2, 0.25) is 0 Å². The molecule has 1 N–H and O–H groups in total. The van der Waals surface area contributed by atoms with Crippen molar-refractivity contribution >= 4 is 17.2 Å². The normalized spacial score (nSPS) is 15.0. The zero-order valence-electron chi connectivity index (χ0n) is 15.1. The Bertz CT molecular complexity index is 696. The van der Waals surface area contributed by atoms with Crippen molar-refractivity contribution in [3.8, 4) is 16.3 Å². The number of nitrogens with zero attached hydrogens (tertiary/aromatic N) is 2. The molecule has 7 heteroatoms. The SMILES string of the molecule is CCCOc1ccc(-c2nc(C(=O)NCCN3CCOCC3)cs2)cc1. The molecule has 0 aliphatic carbocycles. The lowest BCUT2D eigenvalue weighted by Crippen LogP contribution is -2.41. The van der Waals surface area contributed by atoms with Gasteiger partial charge in [-0.05, 0) is 30.7 Å². The Morgan fingerprint density at radius 1 is 1.31 bits per heavy atom. The highest BCUT2D eigenvalue weighted by Crippen LogP contribution is 2.25. The monoisotopic (exact) mass is 375 g/mol. The Morgan fingerprint density at radius 3 is 2.81 bits per heavy atom. The lowest BCUT2D eigenvalue weighted by molar-refractivity contribution is 0.0383. The standard InChI is InChI=1S/C19H25N3O3S/c1-2-11-25-16-5-3-15(4-6-16)19-21-17(14-26-19)18(23)20-7-8-22-9-12-24-13-10-22/h3-6,14H,2,7-13H2,1H3,(H,20,23). The van der Waals surface area contributed by atoms with Crippen LogP contribution in [0.15, 0.2) is 29.6 Å². The van der Waals surface area contributed by atoms with Crippen molar-refractivity contribution < 1.29 is 14.3 Å². The Balaban J connectivity index is 1.50. The van der Waals surface area contributed by atoms with Gasteiger partial charge in [-0.1, -0.05) is 6.92 Å². The van der Waals surface area contributed by atoms with Crippen LogP contribution in [-0.2, 0) is 4.74 Å². The molecule has 0 saturated carbocycles. The maximum absolute atomic E-state index is 12.3. The van der Waals surface area contributed by atoms with E-state index in [1.165, 1.54) is 11.3 Å². The fourth-order valence-electron chi connectivity index (χ4n) is 2.67. The molecule has 2 aromatic rings. The van der Waals surface area contributed by atoms with E-state index in [1.54, 1.807) is 5.38 Å². The van der Waals surface area contributed by atoms with Crippen molar-refractivity contribution in [1.29, 1.82) is 0 Å². The maximum Gasteiger partial charge on any atom is 0.270 e. The van der Waals surface area contributed by atoms with E-state index in [9.17, 15) is 4.79 Å². The van der Waals surface area contributed by atoms with Crippen LogP contribution in [0.25, 0.3) is 10.6 Å². The van der Waals surface area contributed by atoms with Crippen molar-refractivity contribution in [2.45, 2.75) is 13.3 Å². The number of carbonyl (C=O) groups excluding carboxylic acids is 1. The summed E-state index contributed by atoms with van der Waals surface area (Å²) in [6, 6.07) is 7.83. The molecule has 6 nitrogen and oxygen atoms in total. The predicted molar refractivity (Wildman–Crippen MR) is 103 cm³/mol. The van der Waals surface area contributed by atoms with E-state index in [0.717, 1.165) is 55.6 Å². The number of morpholine rings is 1. The van der Waals surface area contributed by atoms with E-state index < -0.39 is 0 Å². The minimum atomic E-state index is -0.122. The van der Waals surface area contributed by atoms with Gasteiger partial charge in [0.2, 0.25) is 0 Å². The van der Waals surface area contributed by atoms with Gasteiger partial charge in [-0.15, -0.1) is 11.3 Å². The van der Waals surface area contributed by atoms with Gasteiger partial charge in [0.1, 0.15) is 16.5 Å². The summed E-state index contributed by atoms with van der Waals surface area (Å²) in [6.45, 7) is 7.64. The number of rotatable bonds is 8. The van der Waals surface area contributed by atoms with E-state index in [0.29, 0.717) is 18.8 Å². The van der Waals surface area contributed by atoms with Crippen LogP contribution < -0.4 is 10.1 Å². The van der Waals surface area contributed by atoms with E-state index >= 15 is 0 Å². The number of hydrogen-bond acceptors (Lipinski definition) is 6. The number of thiazole rings is 1. The number of hydrogen-bond donors (Lipinski definition) is 1. The fraction of sp³-hybridized carbons (Fsp3) is 0.474. The van der Waals surface area contributed by atoms with E-state index in [1.807, 2.05) is 24.3 Å². The first kappa shape index (κ1) is 18.8. The first-order valence-corrected chi connectivity index (χ1v) is 9.91. The lowest BCUT2D eigenvalue weighted by Gasteiger charge is -2.26. The van der Waals surface area contributed by atoms with E-state index in [-0.39, 0.29) is 5.91 Å². The Morgan fingerprint density at radius 2 is 2.08 bits per heavy atom. The lowest BCUT2D eigenvalue weighted by atomic mass is 10.2. The topological polar surface area (TPSA) is 63.7 Å². The van der Waals surface area contributed by atoms with Gasteiger partial charge in [-0.2, -0.15) is 0 Å². The average Bonchev–Trinajstić information content (AvgIpc) is 3.18. The summed E-state index contributed by atoms with van der Waals surface area (Å²) in [4.78, 5) is 19.0. The molecule has 0 unspecified atom stereocenters. The van der Waals surface area contributed by atoms with Gasteiger partial charge in [-0.25, -0.2) is 4.98 Å². The van der Waals surface area contributed by atoms with Crippen LogP contribution in [0.5, 0.6) is 5.75 Å². The van der Waals surface area contributed by atoms with Gasteiger partial charge in [0.05, 0.1) is 19.8 Å². The average molecular weight is 375 g/mol. The Labute approximate surface area is 158 Å². The third-order valence-corrected chi connectivity index (χ3v) is 5.02. The van der Waals surface area contributed by atoms with Crippen LogP contribution in [0.1, 0.15) is 23.8 Å². The zero-order chi connectivity index (χ0) is 18.2. The molecular weight excluding hydrogens is 350 g/mol. The highest BCUT2D eigenvalue weighted by Gasteiger charge is 2.13. The second-order valence-electron chi connectivity index (χ2n) is 6.12. The maximum atomic E-state index is 12.3. The van der Waals surface area contributed by atoms with Crippen LogP contribution in [0.4, 0.5) is 0 Å². The molecule has 1 aliphatic heterocycles. The molecule has 0 bridgehead atoms. The molecule has 0 spiro atoms. The summed E-state index contributed by atoms with van der Waals surface area (Å²) >= 11 is 1.48. The van der Waals surface area contributed by atoms with Crippen LogP contribution >= 0.6 is 11.3 Å². The molecule has 3 rings (SSSR count). The number of ether oxygens (including phenoxy) is 2. The number of benzene rings is 1. The highest BCUT2D eigenvalue weighted by molar-refractivity contribution is 7.13. The summed E-state index contributed by atoms with van der Waals surface area (Å²) in [6.07, 6.45) is 0.984. The third-order valence-electron chi connectivity index (χ3n) is 4.13. The molecule has 26 heavy (non-hydrogen) atoms. The molecule has 1 aromatic carbocycles. The smallest absolute Gasteiger partial charge is 0.270 e. The minimum Gasteiger partial charge on any atom is -0.494 e. The van der Waals surface area contributed by atoms with Crippen molar-refractivity contribution in [3.05, 3.63) is 35.3 Å². The van der Waals surface area contributed by atoms with Crippen molar-refractivity contribution in [2.24, 2.45) is 0 Å². The second-order valence-corrected chi connectivity index (χ2v) is 6.98. The van der Waals surface area contributed by atoms with Crippen LogP contribution in [0.3, 0.4) is 0 Å². The molecule has 140 valence electrons. The van der Waals surface area contributed by atoms with Gasteiger partial charge in [-0.3, -0.25) is 9.69 Å². The molecular formula is C19H25N3O3S. The molecule has 0 atom stereocenters. The van der Waals surface area contributed by atoms with Crippen molar-refractivity contribution in [2.75, 3.05) is 46.0 Å². The highest BCUT2D eigenvalue weighted by atomic mass is 32.1. The van der Waals surface area contributed by atoms with Gasteiger partial charge in [0.15, 0.2) is 0 Å². The third kappa shape index (κ3) is 5.27. The quantitative estimate of drug-likeness (QED) is 0.769. The zero-order valence-corrected chi connectivity index (χ0v) is 15.9. The van der Waals surface area contributed by atoms with E-state index in [4.69, 9.17) is 9.47 Å². The predicted octanol–water partition coefficient (Wildman–Crippen LogP) is 2.66. The largest absolute Gasteiger partial charge is 0.494 e. The summed E-state index contributed by atoms with van der Waals surface area (Å²) in [5, 5.41) is 5.59.